The van der Waals surface area contributed by atoms with Crippen LogP contribution in [0.3, 0.4) is 0 Å². The average Bonchev–Trinajstić information content (AvgIpc) is 3.41. The molecule has 142 valence electrons. The van der Waals surface area contributed by atoms with Crippen LogP contribution < -0.4 is 5.73 Å². The summed E-state index contributed by atoms with van der Waals surface area (Å²) in [6.45, 7) is 0. The third kappa shape index (κ3) is 4.19. The highest BCUT2D eigenvalue weighted by Crippen LogP contribution is 2.55. The average molecular weight is 367 g/mol. The van der Waals surface area contributed by atoms with E-state index in [1.165, 1.54) is 0 Å². The van der Waals surface area contributed by atoms with Crippen LogP contribution in [0.1, 0.15) is 24.0 Å². The molecule has 27 heavy (non-hydrogen) atoms. The zero-order valence-corrected chi connectivity index (χ0v) is 15.1. The SMILES string of the molecule is NC(CCc1ccccc1)(C(=O)O)[C@H]1[C@H](CCc2ccccc2)[C@@H]1C(=O)O. The largest absolute Gasteiger partial charge is 0.481 e. The third-order valence-electron chi connectivity index (χ3n) is 5.73. The molecule has 1 aliphatic carbocycles. The highest BCUT2D eigenvalue weighted by molar-refractivity contribution is 5.84. The van der Waals surface area contributed by atoms with Gasteiger partial charge in [-0.15, -0.1) is 0 Å². The van der Waals surface area contributed by atoms with Gasteiger partial charge in [0.2, 0.25) is 0 Å². The Balaban J connectivity index is 1.72. The predicted molar refractivity (Wildman–Crippen MR) is 102 cm³/mol. The standard InChI is InChI=1S/C22H25NO4/c23-22(21(26)27,14-13-16-9-5-2-6-10-16)19-17(18(19)20(24)25)12-11-15-7-3-1-4-8-15/h1-10,17-19H,11-14,23H2,(H,24,25)(H,26,27)/t17-,18+,19+,22?/m1/s1. The smallest absolute Gasteiger partial charge is 0.324 e. The van der Waals surface area contributed by atoms with Gasteiger partial charge in [0, 0.05) is 5.92 Å². The van der Waals surface area contributed by atoms with Gasteiger partial charge in [-0.2, -0.15) is 0 Å². The van der Waals surface area contributed by atoms with Crippen LogP contribution >= 0.6 is 0 Å². The van der Waals surface area contributed by atoms with E-state index in [1.807, 2.05) is 60.7 Å². The van der Waals surface area contributed by atoms with E-state index in [2.05, 4.69) is 0 Å². The second kappa shape index (κ2) is 7.92. The van der Waals surface area contributed by atoms with Crippen LogP contribution in [0.25, 0.3) is 0 Å². The Morgan fingerprint density at radius 3 is 1.89 bits per heavy atom. The van der Waals surface area contributed by atoms with Gasteiger partial charge in [0.1, 0.15) is 5.54 Å². The van der Waals surface area contributed by atoms with Gasteiger partial charge < -0.3 is 15.9 Å². The van der Waals surface area contributed by atoms with Crippen LogP contribution in [0.15, 0.2) is 60.7 Å². The summed E-state index contributed by atoms with van der Waals surface area (Å²) in [5.74, 6) is -3.50. The zero-order valence-electron chi connectivity index (χ0n) is 15.1. The van der Waals surface area contributed by atoms with Crippen molar-refractivity contribution in [1.82, 2.24) is 0 Å². The molecular weight excluding hydrogens is 342 g/mol. The monoisotopic (exact) mass is 367 g/mol. The van der Waals surface area contributed by atoms with E-state index in [0.29, 0.717) is 12.8 Å². The van der Waals surface area contributed by atoms with E-state index in [1.54, 1.807) is 0 Å². The first kappa shape index (κ1) is 19.1. The molecule has 1 unspecified atom stereocenters. The van der Waals surface area contributed by atoms with Gasteiger partial charge in [-0.25, -0.2) is 0 Å². The van der Waals surface area contributed by atoms with Crippen molar-refractivity contribution in [3.8, 4) is 0 Å². The number of carboxylic acid groups (broad SMARTS) is 2. The van der Waals surface area contributed by atoms with Crippen molar-refractivity contribution >= 4 is 11.9 Å². The molecule has 0 aliphatic heterocycles. The number of rotatable bonds is 9. The lowest BCUT2D eigenvalue weighted by molar-refractivity contribution is -0.145. The molecule has 4 atom stereocenters. The number of benzene rings is 2. The topological polar surface area (TPSA) is 101 Å². The molecule has 0 bridgehead atoms. The summed E-state index contributed by atoms with van der Waals surface area (Å²) in [6.07, 6.45) is 2.09. The first-order valence-electron chi connectivity index (χ1n) is 9.26. The number of aliphatic carboxylic acids is 2. The van der Waals surface area contributed by atoms with Crippen molar-refractivity contribution in [1.29, 1.82) is 0 Å². The minimum absolute atomic E-state index is 0.209. The van der Waals surface area contributed by atoms with Gasteiger partial charge in [0.15, 0.2) is 0 Å². The van der Waals surface area contributed by atoms with Gasteiger partial charge >= 0.3 is 11.9 Å². The van der Waals surface area contributed by atoms with Crippen molar-refractivity contribution in [2.24, 2.45) is 23.5 Å². The molecule has 0 saturated heterocycles. The minimum Gasteiger partial charge on any atom is -0.481 e. The molecule has 0 radical (unpaired) electrons. The third-order valence-corrected chi connectivity index (χ3v) is 5.73. The predicted octanol–water partition coefficient (Wildman–Crippen LogP) is 2.98. The lowest BCUT2D eigenvalue weighted by Gasteiger charge is -2.25. The van der Waals surface area contributed by atoms with Gasteiger partial charge in [0.05, 0.1) is 5.92 Å². The normalized spacial score (nSPS) is 23.4. The van der Waals surface area contributed by atoms with Crippen LogP contribution in [0.5, 0.6) is 0 Å². The second-order valence-corrected chi connectivity index (χ2v) is 7.41. The molecule has 3 rings (SSSR count). The van der Waals surface area contributed by atoms with E-state index in [0.717, 1.165) is 17.5 Å². The number of hydrogen-bond acceptors (Lipinski definition) is 3. The van der Waals surface area contributed by atoms with Crippen LogP contribution in [0, 0.1) is 17.8 Å². The Kier molecular flexibility index (Phi) is 5.61. The van der Waals surface area contributed by atoms with Crippen molar-refractivity contribution in [3.63, 3.8) is 0 Å². The number of hydrogen-bond donors (Lipinski definition) is 3. The number of aryl methyl sites for hydroxylation is 2. The Bertz CT molecular complexity index is 792. The Hall–Kier alpha value is -2.66. The van der Waals surface area contributed by atoms with E-state index in [9.17, 15) is 19.8 Å². The van der Waals surface area contributed by atoms with Crippen molar-refractivity contribution in [2.45, 2.75) is 31.2 Å². The van der Waals surface area contributed by atoms with E-state index in [-0.39, 0.29) is 12.3 Å². The molecule has 0 spiro atoms. The second-order valence-electron chi connectivity index (χ2n) is 7.41. The lowest BCUT2D eigenvalue weighted by atomic mass is 9.85. The fourth-order valence-corrected chi connectivity index (χ4v) is 4.16. The van der Waals surface area contributed by atoms with Crippen LogP contribution in [0.4, 0.5) is 0 Å². The summed E-state index contributed by atoms with van der Waals surface area (Å²) >= 11 is 0. The molecule has 5 heteroatoms. The molecular formula is C22H25NO4. The highest BCUT2D eigenvalue weighted by Gasteiger charge is 2.65. The summed E-state index contributed by atoms with van der Waals surface area (Å²) < 4.78 is 0. The van der Waals surface area contributed by atoms with Crippen LogP contribution in [0.2, 0.25) is 0 Å². The van der Waals surface area contributed by atoms with Gasteiger partial charge in [-0.05, 0) is 42.7 Å². The maximum atomic E-state index is 12.0. The molecule has 0 heterocycles. The summed E-state index contributed by atoms with van der Waals surface area (Å²) in [5, 5.41) is 19.4. The maximum Gasteiger partial charge on any atom is 0.324 e. The van der Waals surface area contributed by atoms with Crippen molar-refractivity contribution < 1.29 is 19.8 Å². The summed E-state index contributed by atoms with van der Waals surface area (Å²) in [4.78, 5) is 23.7. The van der Waals surface area contributed by atoms with Gasteiger partial charge in [-0.1, -0.05) is 60.7 Å². The fourth-order valence-electron chi connectivity index (χ4n) is 4.16. The van der Waals surface area contributed by atoms with Crippen LogP contribution in [-0.2, 0) is 22.4 Å². The summed E-state index contributed by atoms with van der Waals surface area (Å²) in [7, 11) is 0. The van der Waals surface area contributed by atoms with Gasteiger partial charge in [0.25, 0.3) is 0 Å². The quantitative estimate of drug-likeness (QED) is 0.632. The van der Waals surface area contributed by atoms with E-state index in [4.69, 9.17) is 5.73 Å². The maximum absolute atomic E-state index is 12.0. The van der Waals surface area contributed by atoms with Crippen molar-refractivity contribution in [3.05, 3.63) is 71.8 Å². The van der Waals surface area contributed by atoms with Crippen molar-refractivity contribution in [2.75, 3.05) is 0 Å². The number of nitrogens with two attached hydrogens (primary N) is 1. The molecule has 1 aliphatic rings. The molecule has 2 aromatic carbocycles. The molecule has 0 aromatic heterocycles. The van der Waals surface area contributed by atoms with E-state index >= 15 is 0 Å². The van der Waals surface area contributed by atoms with E-state index < -0.39 is 29.3 Å². The Morgan fingerprint density at radius 1 is 0.889 bits per heavy atom. The highest BCUT2D eigenvalue weighted by atomic mass is 16.4. The minimum atomic E-state index is -1.53. The molecule has 2 aromatic rings. The lowest BCUT2D eigenvalue weighted by Crippen LogP contribution is -2.51. The number of carboxylic acids is 2. The Morgan fingerprint density at radius 2 is 1.41 bits per heavy atom. The fraction of sp³-hybridized carbons (Fsp3) is 0.364. The molecule has 0 amide bonds. The summed E-state index contributed by atoms with van der Waals surface area (Å²) in [6, 6.07) is 19.4. The molecule has 4 N–H and O–H groups in total. The molecule has 5 nitrogen and oxygen atoms in total. The van der Waals surface area contributed by atoms with Gasteiger partial charge in [-0.3, -0.25) is 9.59 Å². The van der Waals surface area contributed by atoms with Crippen LogP contribution in [-0.4, -0.2) is 27.7 Å². The number of carbonyl (C=O) groups is 2. The summed E-state index contributed by atoms with van der Waals surface area (Å²) in [5.41, 5.74) is 6.91. The molecule has 1 fully saturated rings. The first-order valence-corrected chi connectivity index (χ1v) is 9.26. The molecule has 1 saturated carbocycles. The Labute approximate surface area is 158 Å². The first-order chi connectivity index (χ1) is 12.9. The zero-order chi connectivity index (χ0) is 19.4.